The number of aromatic amines is 1. The highest BCUT2D eigenvalue weighted by atomic mass is 32.2. The Labute approximate surface area is 123 Å². The summed E-state index contributed by atoms with van der Waals surface area (Å²) < 4.78 is 9.16. The molecule has 0 saturated heterocycles. The molecule has 0 atom stereocenters. The molecule has 0 aliphatic heterocycles. The van der Waals surface area contributed by atoms with E-state index < -0.39 is 0 Å². The average molecular weight is 302 g/mol. The SMILES string of the molecule is COc1csc(SNc2cccc3c(C#N)c[nH]c23)n1. The number of benzene rings is 1. The lowest BCUT2D eigenvalue weighted by molar-refractivity contribution is 0.398. The van der Waals surface area contributed by atoms with E-state index in [9.17, 15) is 0 Å². The van der Waals surface area contributed by atoms with Gasteiger partial charge in [0.25, 0.3) is 0 Å². The first-order valence-electron chi connectivity index (χ1n) is 5.74. The first-order valence-corrected chi connectivity index (χ1v) is 7.44. The molecule has 5 nitrogen and oxygen atoms in total. The van der Waals surface area contributed by atoms with Crippen molar-refractivity contribution in [3.05, 3.63) is 35.3 Å². The Morgan fingerprint density at radius 1 is 1.50 bits per heavy atom. The summed E-state index contributed by atoms with van der Waals surface area (Å²) in [5.74, 6) is 0.615. The number of thiazole rings is 1. The lowest BCUT2D eigenvalue weighted by atomic mass is 10.2. The summed E-state index contributed by atoms with van der Waals surface area (Å²) in [6.07, 6.45) is 1.72. The van der Waals surface area contributed by atoms with Crippen LogP contribution in [0.2, 0.25) is 0 Å². The summed E-state index contributed by atoms with van der Waals surface area (Å²) in [6, 6.07) is 7.97. The van der Waals surface area contributed by atoms with Crippen LogP contribution >= 0.6 is 23.3 Å². The van der Waals surface area contributed by atoms with Crippen LogP contribution in [0.5, 0.6) is 5.88 Å². The largest absolute Gasteiger partial charge is 0.480 e. The van der Waals surface area contributed by atoms with Crippen molar-refractivity contribution in [3.63, 3.8) is 0 Å². The third-order valence-electron chi connectivity index (χ3n) is 2.76. The third-order valence-corrected chi connectivity index (χ3v) is 4.49. The molecule has 0 saturated carbocycles. The van der Waals surface area contributed by atoms with Gasteiger partial charge in [0, 0.05) is 23.5 Å². The molecule has 0 aliphatic carbocycles. The Morgan fingerprint density at radius 2 is 2.40 bits per heavy atom. The van der Waals surface area contributed by atoms with E-state index in [1.807, 2.05) is 23.6 Å². The minimum atomic E-state index is 0.615. The second-order valence-corrected chi connectivity index (χ2v) is 5.81. The molecule has 0 amide bonds. The number of para-hydroxylation sites is 1. The Morgan fingerprint density at radius 3 is 3.15 bits per heavy atom. The van der Waals surface area contributed by atoms with Crippen LogP contribution in [-0.4, -0.2) is 17.1 Å². The normalized spacial score (nSPS) is 10.4. The van der Waals surface area contributed by atoms with Crippen LogP contribution in [0.3, 0.4) is 0 Å². The van der Waals surface area contributed by atoms with Gasteiger partial charge in [-0.05, 0) is 6.07 Å². The van der Waals surface area contributed by atoms with Crippen LogP contribution in [0.1, 0.15) is 5.56 Å². The number of H-pyrrole nitrogens is 1. The average Bonchev–Trinajstić information content (AvgIpc) is 3.11. The Kier molecular flexibility index (Phi) is 3.50. The number of rotatable bonds is 4. The number of anilines is 1. The van der Waals surface area contributed by atoms with Gasteiger partial charge in [-0.15, -0.1) is 11.3 Å². The minimum Gasteiger partial charge on any atom is -0.480 e. The number of nitrogens with zero attached hydrogens (tertiary/aromatic N) is 2. The lowest BCUT2D eigenvalue weighted by Gasteiger charge is -2.04. The van der Waals surface area contributed by atoms with Gasteiger partial charge in [-0.3, -0.25) is 0 Å². The summed E-state index contributed by atoms with van der Waals surface area (Å²) in [7, 11) is 1.60. The van der Waals surface area contributed by atoms with E-state index in [-0.39, 0.29) is 0 Å². The zero-order valence-electron chi connectivity index (χ0n) is 10.5. The fraction of sp³-hybridized carbons (Fsp3) is 0.0769. The van der Waals surface area contributed by atoms with Crippen molar-refractivity contribution in [1.82, 2.24) is 9.97 Å². The van der Waals surface area contributed by atoms with Crippen molar-refractivity contribution < 1.29 is 4.74 Å². The molecule has 0 spiro atoms. The summed E-state index contributed by atoms with van der Waals surface area (Å²) >= 11 is 2.93. The van der Waals surface area contributed by atoms with E-state index in [4.69, 9.17) is 10.00 Å². The Bertz CT molecular complexity index is 787. The predicted molar refractivity (Wildman–Crippen MR) is 81.2 cm³/mol. The van der Waals surface area contributed by atoms with Crippen molar-refractivity contribution in [2.45, 2.75) is 4.34 Å². The molecule has 3 aromatic rings. The van der Waals surface area contributed by atoms with E-state index in [1.165, 1.54) is 23.3 Å². The molecule has 3 rings (SSSR count). The summed E-state index contributed by atoms with van der Waals surface area (Å²) in [6.45, 7) is 0. The highest BCUT2D eigenvalue weighted by Gasteiger charge is 2.08. The Hall–Kier alpha value is -2.17. The molecule has 20 heavy (non-hydrogen) atoms. The van der Waals surface area contributed by atoms with E-state index in [1.54, 1.807) is 13.3 Å². The van der Waals surface area contributed by atoms with E-state index >= 15 is 0 Å². The molecule has 0 fully saturated rings. The summed E-state index contributed by atoms with van der Waals surface area (Å²) in [4.78, 5) is 7.40. The van der Waals surface area contributed by atoms with Gasteiger partial charge in [-0.2, -0.15) is 10.2 Å². The maximum atomic E-state index is 9.04. The van der Waals surface area contributed by atoms with Gasteiger partial charge in [0.2, 0.25) is 5.88 Å². The van der Waals surface area contributed by atoms with Gasteiger partial charge in [0.15, 0.2) is 4.34 Å². The Balaban J connectivity index is 1.84. The van der Waals surface area contributed by atoms with Crippen molar-refractivity contribution in [1.29, 1.82) is 5.26 Å². The van der Waals surface area contributed by atoms with Gasteiger partial charge in [0.1, 0.15) is 6.07 Å². The zero-order valence-corrected chi connectivity index (χ0v) is 12.1. The van der Waals surface area contributed by atoms with Crippen LogP contribution in [0.15, 0.2) is 34.1 Å². The standard InChI is InChI=1S/C13H10N4OS2/c1-18-11-7-19-13(16-11)20-17-10-4-2-3-9-8(5-14)6-15-12(9)10/h2-4,6-7,15,17H,1H3. The maximum absolute atomic E-state index is 9.04. The molecular formula is C13H10N4OS2. The first kappa shape index (κ1) is 12.8. The molecule has 2 N–H and O–H groups in total. The number of hydrogen-bond acceptors (Lipinski definition) is 6. The van der Waals surface area contributed by atoms with E-state index in [2.05, 4.69) is 20.8 Å². The lowest BCUT2D eigenvalue weighted by Crippen LogP contribution is -1.88. The van der Waals surface area contributed by atoms with Crippen LogP contribution in [0.4, 0.5) is 5.69 Å². The van der Waals surface area contributed by atoms with Crippen molar-refractivity contribution in [2.75, 3.05) is 11.8 Å². The van der Waals surface area contributed by atoms with Crippen LogP contribution < -0.4 is 9.46 Å². The number of ether oxygens (including phenoxy) is 1. The molecule has 2 aromatic heterocycles. The second kappa shape index (κ2) is 5.45. The van der Waals surface area contributed by atoms with E-state index in [0.29, 0.717) is 11.4 Å². The summed E-state index contributed by atoms with van der Waals surface area (Å²) in [5.41, 5.74) is 2.48. The molecular weight excluding hydrogens is 292 g/mol. The fourth-order valence-electron chi connectivity index (χ4n) is 1.81. The van der Waals surface area contributed by atoms with Gasteiger partial charge in [-0.1, -0.05) is 12.1 Å². The monoisotopic (exact) mass is 302 g/mol. The highest BCUT2D eigenvalue weighted by Crippen LogP contribution is 2.31. The molecule has 2 heterocycles. The first-order chi connectivity index (χ1) is 9.81. The van der Waals surface area contributed by atoms with Gasteiger partial charge < -0.3 is 14.4 Å². The predicted octanol–water partition coefficient (Wildman–Crippen LogP) is 3.62. The molecule has 7 heteroatoms. The van der Waals surface area contributed by atoms with Crippen molar-refractivity contribution >= 4 is 39.9 Å². The van der Waals surface area contributed by atoms with Crippen LogP contribution in [0, 0.1) is 11.3 Å². The minimum absolute atomic E-state index is 0.615. The number of methoxy groups -OCH3 is 1. The highest BCUT2D eigenvalue weighted by molar-refractivity contribution is 8.02. The number of fused-ring (bicyclic) bond motifs is 1. The smallest absolute Gasteiger partial charge is 0.225 e. The van der Waals surface area contributed by atoms with Crippen LogP contribution in [0.25, 0.3) is 10.9 Å². The molecule has 0 bridgehead atoms. The van der Waals surface area contributed by atoms with Gasteiger partial charge >= 0.3 is 0 Å². The van der Waals surface area contributed by atoms with Crippen molar-refractivity contribution in [2.24, 2.45) is 0 Å². The molecule has 0 radical (unpaired) electrons. The number of nitriles is 1. The number of nitrogens with one attached hydrogen (secondary N) is 2. The maximum Gasteiger partial charge on any atom is 0.225 e. The summed E-state index contributed by atoms with van der Waals surface area (Å²) in [5, 5.41) is 11.8. The number of aromatic nitrogens is 2. The topological polar surface area (TPSA) is 73.7 Å². The zero-order chi connectivity index (χ0) is 13.9. The molecule has 100 valence electrons. The van der Waals surface area contributed by atoms with Crippen molar-refractivity contribution in [3.8, 4) is 11.9 Å². The molecule has 1 aromatic carbocycles. The second-order valence-electron chi connectivity index (χ2n) is 3.90. The molecule has 0 aliphatic rings. The third kappa shape index (κ3) is 2.31. The van der Waals surface area contributed by atoms with Gasteiger partial charge in [-0.25, -0.2) is 0 Å². The fourth-order valence-corrected chi connectivity index (χ4v) is 3.27. The molecule has 0 unspecified atom stereocenters. The van der Waals surface area contributed by atoms with Gasteiger partial charge in [0.05, 0.1) is 29.3 Å². The quantitative estimate of drug-likeness (QED) is 0.720. The van der Waals surface area contributed by atoms with Crippen LogP contribution in [-0.2, 0) is 0 Å². The van der Waals surface area contributed by atoms with E-state index in [0.717, 1.165) is 20.9 Å². The number of hydrogen-bond donors (Lipinski definition) is 2.